The first kappa shape index (κ1) is 11.8. The van der Waals surface area contributed by atoms with E-state index < -0.39 is 11.9 Å². The van der Waals surface area contributed by atoms with Gasteiger partial charge in [0.1, 0.15) is 6.29 Å². The van der Waals surface area contributed by atoms with Crippen LogP contribution in [0.1, 0.15) is 13.8 Å². The Morgan fingerprint density at radius 1 is 1.70 bits per heavy atom. The Morgan fingerprint density at radius 3 is 2.00 bits per heavy atom. The number of aliphatic carboxylic acids is 1. The van der Waals surface area contributed by atoms with Crippen molar-refractivity contribution in [3.8, 4) is 0 Å². The van der Waals surface area contributed by atoms with Crippen LogP contribution in [0.25, 0.3) is 0 Å². The van der Waals surface area contributed by atoms with Crippen molar-refractivity contribution in [3.05, 3.63) is 0 Å². The van der Waals surface area contributed by atoms with Crippen molar-refractivity contribution in [2.24, 2.45) is 5.92 Å². The lowest BCUT2D eigenvalue weighted by Crippen LogP contribution is -2.12. The third-order valence-corrected chi connectivity index (χ3v) is 0.695. The van der Waals surface area contributed by atoms with Gasteiger partial charge < -0.3 is 15.0 Å². The fraction of sp³-hybridized carbons (Fsp3) is 0.667. The van der Waals surface area contributed by atoms with Crippen molar-refractivity contribution < 1.29 is 19.8 Å². The number of carboxylic acids is 1. The van der Waals surface area contributed by atoms with E-state index >= 15 is 0 Å². The summed E-state index contributed by atoms with van der Waals surface area (Å²) in [5.74, 6) is -1.58. The Hall–Kier alpha value is -0.900. The first-order valence-corrected chi connectivity index (χ1v) is 2.83. The lowest BCUT2D eigenvalue weighted by Gasteiger charge is -1.95. The Morgan fingerprint density at radius 2 is 2.00 bits per heavy atom. The maximum absolute atomic E-state index is 9.77. The van der Waals surface area contributed by atoms with Crippen molar-refractivity contribution >= 4 is 12.3 Å². The van der Waals surface area contributed by atoms with Gasteiger partial charge in [0.15, 0.2) is 0 Å². The second kappa shape index (κ2) is 8.10. The SMILES string of the molecule is CC(CO)C(=O)O.CC=O. The molecule has 0 radical (unpaired) electrons. The van der Waals surface area contributed by atoms with Crippen LogP contribution in [-0.4, -0.2) is 29.1 Å². The van der Waals surface area contributed by atoms with Crippen molar-refractivity contribution in [2.75, 3.05) is 6.61 Å². The number of hydrogen-bond acceptors (Lipinski definition) is 3. The zero-order valence-corrected chi connectivity index (χ0v) is 6.07. The average molecular weight is 148 g/mol. The monoisotopic (exact) mass is 148 g/mol. The first-order chi connectivity index (χ1) is 4.59. The van der Waals surface area contributed by atoms with Gasteiger partial charge in [-0.1, -0.05) is 0 Å². The predicted molar refractivity (Wildman–Crippen MR) is 35.6 cm³/mol. The number of carbonyl (C=O) groups is 2. The molecule has 0 saturated carbocycles. The Bertz CT molecular complexity index is 99.9. The van der Waals surface area contributed by atoms with Gasteiger partial charge in [-0.15, -0.1) is 0 Å². The highest BCUT2D eigenvalue weighted by Crippen LogP contribution is 1.88. The van der Waals surface area contributed by atoms with E-state index in [-0.39, 0.29) is 6.61 Å². The highest BCUT2D eigenvalue weighted by molar-refractivity contribution is 5.69. The van der Waals surface area contributed by atoms with Crippen LogP contribution in [0.4, 0.5) is 0 Å². The van der Waals surface area contributed by atoms with Gasteiger partial charge in [-0.2, -0.15) is 0 Å². The van der Waals surface area contributed by atoms with Crippen molar-refractivity contribution in [2.45, 2.75) is 13.8 Å². The van der Waals surface area contributed by atoms with Gasteiger partial charge in [-0.3, -0.25) is 4.79 Å². The molecule has 0 aromatic heterocycles. The molecule has 0 aliphatic carbocycles. The van der Waals surface area contributed by atoms with E-state index in [9.17, 15) is 4.79 Å². The summed E-state index contributed by atoms with van der Waals surface area (Å²) < 4.78 is 0. The molecular weight excluding hydrogens is 136 g/mol. The maximum Gasteiger partial charge on any atom is 0.308 e. The minimum absolute atomic E-state index is 0.282. The van der Waals surface area contributed by atoms with Crippen molar-refractivity contribution in [1.29, 1.82) is 0 Å². The molecule has 60 valence electrons. The number of aliphatic hydroxyl groups excluding tert-OH is 1. The number of hydrogen-bond donors (Lipinski definition) is 2. The molecule has 0 aliphatic heterocycles. The standard InChI is InChI=1S/C4H8O3.C2H4O/c1-3(2-5)4(6)7;1-2-3/h3,5H,2H2,1H3,(H,6,7);2H,1H3. The Balaban J connectivity index is 0. The number of aldehydes is 1. The molecule has 0 rings (SSSR count). The van der Waals surface area contributed by atoms with Crippen LogP contribution in [0.3, 0.4) is 0 Å². The van der Waals surface area contributed by atoms with Gasteiger partial charge in [0.05, 0.1) is 12.5 Å². The average Bonchev–Trinajstić information content (AvgIpc) is 1.88. The zero-order chi connectivity index (χ0) is 8.57. The second-order valence-electron chi connectivity index (χ2n) is 1.66. The lowest BCUT2D eigenvalue weighted by atomic mass is 10.2. The summed E-state index contributed by atoms with van der Waals surface area (Å²) in [7, 11) is 0. The minimum Gasteiger partial charge on any atom is -0.481 e. The van der Waals surface area contributed by atoms with Gasteiger partial charge in [0, 0.05) is 0 Å². The van der Waals surface area contributed by atoms with Gasteiger partial charge >= 0.3 is 5.97 Å². The summed E-state index contributed by atoms with van der Waals surface area (Å²) in [5.41, 5.74) is 0. The fourth-order valence-corrected chi connectivity index (χ4v) is 0.0781. The zero-order valence-electron chi connectivity index (χ0n) is 6.07. The highest BCUT2D eigenvalue weighted by atomic mass is 16.4. The van der Waals surface area contributed by atoms with Gasteiger partial charge in [-0.05, 0) is 13.8 Å². The molecule has 4 heteroatoms. The number of rotatable bonds is 2. The summed E-state index contributed by atoms with van der Waals surface area (Å²) >= 11 is 0. The summed E-state index contributed by atoms with van der Waals surface area (Å²) in [6, 6.07) is 0. The smallest absolute Gasteiger partial charge is 0.308 e. The first-order valence-electron chi connectivity index (χ1n) is 2.83. The van der Waals surface area contributed by atoms with Crippen LogP contribution in [0.5, 0.6) is 0 Å². The molecule has 0 bridgehead atoms. The highest BCUT2D eigenvalue weighted by Gasteiger charge is 2.06. The molecule has 1 atom stereocenters. The number of carbonyl (C=O) groups excluding carboxylic acids is 1. The molecule has 0 fully saturated rings. The van der Waals surface area contributed by atoms with E-state index in [2.05, 4.69) is 0 Å². The van der Waals surface area contributed by atoms with E-state index in [4.69, 9.17) is 15.0 Å². The lowest BCUT2D eigenvalue weighted by molar-refractivity contribution is -0.142. The third kappa shape index (κ3) is 10.2. The maximum atomic E-state index is 9.77. The van der Waals surface area contributed by atoms with Crippen molar-refractivity contribution in [1.82, 2.24) is 0 Å². The molecule has 10 heavy (non-hydrogen) atoms. The molecule has 2 N–H and O–H groups in total. The molecule has 0 aromatic rings. The van der Waals surface area contributed by atoms with Crippen LogP contribution < -0.4 is 0 Å². The molecule has 1 unspecified atom stereocenters. The van der Waals surface area contributed by atoms with Crippen LogP contribution in [0, 0.1) is 5.92 Å². The molecule has 0 amide bonds. The normalized spacial score (nSPS) is 10.7. The molecule has 4 nitrogen and oxygen atoms in total. The van der Waals surface area contributed by atoms with E-state index in [1.807, 2.05) is 0 Å². The van der Waals surface area contributed by atoms with Crippen LogP contribution in [0.2, 0.25) is 0 Å². The predicted octanol–water partition coefficient (Wildman–Crippen LogP) is -0.0954. The molecule has 0 aliphatic rings. The fourth-order valence-electron chi connectivity index (χ4n) is 0.0781. The molecule has 0 aromatic carbocycles. The topological polar surface area (TPSA) is 74.6 Å². The number of aliphatic hydroxyl groups is 1. The minimum atomic E-state index is -0.956. The summed E-state index contributed by atoms with van der Waals surface area (Å²) in [5, 5.41) is 16.1. The van der Waals surface area contributed by atoms with E-state index in [0.29, 0.717) is 0 Å². The summed E-state index contributed by atoms with van der Waals surface area (Å²) in [6.07, 6.45) is 0.750. The molecule has 0 saturated heterocycles. The van der Waals surface area contributed by atoms with Crippen LogP contribution in [0.15, 0.2) is 0 Å². The van der Waals surface area contributed by atoms with Crippen LogP contribution in [-0.2, 0) is 9.59 Å². The van der Waals surface area contributed by atoms with Crippen molar-refractivity contribution in [3.63, 3.8) is 0 Å². The van der Waals surface area contributed by atoms with Gasteiger partial charge in [-0.25, -0.2) is 0 Å². The Kier molecular flexibility index (Phi) is 9.59. The van der Waals surface area contributed by atoms with E-state index in [1.54, 1.807) is 0 Å². The summed E-state index contributed by atoms with van der Waals surface area (Å²) in [4.78, 5) is 18.6. The summed E-state index contributed by atoms with van der Waals surface area (Å²) in [6.45, 7) is 2.61. The van der Waals surface area contributed by atoms with Gasteiger partial charge in [0.25, 0.3) is 0 Å². The largest absolute Gasteiger partial charge is 0.481 e. The quantitative estimate of drug-likeness (QED) is 0.536. The van der Waals surface area contributed by atoms with E-state index in [1.165, 1.54) is 13.8 Å². The van der Waals surface area contributed by atoms with Crippen LogP contribution >= 0.6 is 0 Å². The van der Waals surface area contributed by atoms with Gasteiger partial charge in [0.2, 0.25) is 0 Å². The number of carboxylic acid groups (broad SMARTS) is 1. The third-order valence-electron chi connectivity index (χ3n) is 0.695. The molecular formula is C6H12O4. The van der Waals surface area contributed by atoms with E-state index in [0.717, 1.165) is 6.29 Å². The second-order valence-corrected chi connectivity index (χ2v) is 1.66. The molecule has 0 spiro atoms. The molecule has 0 heterocycles. The Labute approximate surface area is 59.5 Å².